The van der Waals surface area contributed by atoms with Crippen molar-refractivity contribution in [3.05, 3.63) is 70.6 Å². The molecule has 0 fully saturated rings. The minimum Gasteiger partial charge on any atom is -0.465 e. The number of furan rings is 1. The van der Waals surface area contributed by atoms with Crippen molar-refractivity contribution >= 4 is 49.0 Å². The molecule has 12 heteroatoms. The van der Waals surface area contributed by atoms with Gasteiger partial charge in [0.25, 0.3) is 20.0 Å². The lowest BCUT2D eigenvalue weighted by atomic mass is 10.2. The Labute approximate surface area is 190 Å². The molecular weight excluding hydrogens is 480 g/mol. The molecule has 3 rings (SSSR count). The largest absolute Gasteiger partial charge is 0.465 e. The SMILES string of the molecule is COC(=O)c1c(C)oc(C)c1S(=O)(=O)Nc1cccc(S(=O)(=O)Nc2ccc(Cl)cc2)c1. The summed E-state index contributed by atoms with van der Waals surface area (Å²) in [5.74, 6) is -0.801. The third-order valence-corrected chi connectivity index (χ3v) is 7.52. The van der Waals surface area contributed by atoms with Crippen LogP contribution in [-0.4, -0.2) is 29.9 Å². The number of anilines is 2. The van der Waals surface area contributed by atoms with Gasteiger partial charge in [-0.2, -0.15) is 0 Å². The van der Waals surface area contributed by atoms with E-state index in [0.717, 1.165) is 13.2 Å². The van der Waals surface area contributed by atoms with Crippen LogP contribution in [0.3, 0.4) is 0 Å². The summed E-state index contributed by atoms with van der Waals surface area (Å²) in [4.78, 5) is 11.5. The van der Waals surface area contributed by atoms with Gasteiger partial charge in [-0.1, -0.05) is 17.7 Å². The maximum atomic E-state index is 13.0. The molecule has 2 N–H and O–H groups in total. The highest BCUT2D eigenvalue weighted by atomic mass is 35.5. The van der Waals surface area contributed by atoms with Crippen molar-refractivity contribution in [2.24, 2.45) is 0 Å². The molecule has 0 unspecified atom stereocenters. The van der Waals surface area contributed by atoms with Crippen LogP contribution in [0.15, 0.2) is 62.7 Å². The molecule has 0 spiro atoms. The first-order valence-electron chi connectivity index (χ1n) is 9.04. The number of aryl methyl sites for hydroxylation is 2. The van der Waals surface area contributed by atoms with Crippen LogP contribution >= 0.6 is 11.6 Å². The molecule has 0 atom stereocenters. The van der Waals surface area contributed by atoms with Crippen molar-refractivity contribution < 1.29 is 30.8 Å². The summed E-state index contributed by atoms with van der Waals surface area (Å²) in [6.45, 7) is 2.83. The summed E-state index contributed by atoms with van der Waals surface area (Å²) in [7, 11) is -7.21. The van der Waals surface area contributed by atoms with Crippen LogP contribution in [0.2, 0.25) is 5.02 Å². The van der Waals surface area contributed by atoms with Gasteiger partial charge in [-0.05, 0) is 56.3 Å². The van der Waals surface area contributed by atoms with Crippen LogP contribution in [0.5, 0.6) is 0 Å². The lowest BCUT2D eigenvalue weighted by Crippen LogP contribution is -2.18. The second-order valence-corrected chi connectivity index (χ2v) is 10.4. The highest BCUT2D eigenvalue weighted by molar-refractivity contribution is 7.93. The van der Waals surface area contributed by atoms with Gasteiger partial charge in [0.2, 0.25) is 0 Å². The highest BCUT2D eigenvalue weighted by Gasteiger charge is 2.32. The number of sulfonamides is 2. The average Bonchev–Trinajstić information content (AvgIpc) is 3.03. The summed E-state index contributed by atoms with van der Waals surface area (Å²) in [6, 6.07) is 11.2. The van der Waals surface area contributed by atoms with Crippen LogP contribution in [0.4, 0.5) is 11.4 Å². The molecule has 32 heavy (non-hydrogen) atoms. The monoisotopic (exact) mass is 498 g/mol. The number of ether oxygens (including phenoxy) is 1. The summed E-state index contributed by atoms with van der Waals surface area (Å²) in [5.41, 5.74) is 0.0244. The number of esters is 1. The van der Waals surface area contributed by atoms with Gasteiger partial charge in [-0.3, -0.25) is 9.44 Å². The zero-order valence-electron chi connectivity index (χ0n) is 17.2. The van der Waals surface area contributed by atoms with Crippen molar-refractivity contribution in [2.75, 3.05) is 16.6 Å². The predicted octanol–water partition coefficient (Wildman–Crippen LogP) is 3.94. The number of benzene rings is 2. The first kappa shape index (κ1) is 23.6. The van der Waals surface area contributed by atoms with Crippen molar-refractivity contribution in [1.82, 2.24) is 0 Å². The van der Waals surface area contributed by atoms with E-state index in [1.165, 1.54) is 56.3 Å². The van der Waals surface area contributed by atoms with E-state index in [-0.39, 0.29) is 38.2 Å². The van der Waals surface area contributed by atoms with Gasteiger partial charge >= 0.3 is 5.97 Å². The van der Waals surface area contributed by atoms with E-state index in [0.29, 0.717) is 5.02 Å². The van der Waals surface area contributed by atoms with E-state index in [4.69, 9.17) is 16.0 Å². The lowest BCUT2D eigenvalue weighted by molar-refractivity contribution is 0.0595. The van der Waals surface area contributed by atoms with E-state index in [1.807, 2.05) is 0 Å². The molecule has 3 aromatic rings. The molecule has 2 aromatic carbocycles. The van der Waals surface area contributed by atoms with Gasteiger partial charge in [0.15, 0.2) is 0 Å². The Bertz CT molecular complexity index is 1380. The van der Waals surface area contributed by atoms with Crippen LogP contribution in [0.1, 0.15) is 21.9 Å². The zero-order chi connectivity index (χ0) is 23.7. The molecule has 1 aromatic heterocycles. The number of hydrogen-bond acceptors (Lipinski definition) is 7. The number of carbonyl (C=O) groups excluding carboxylic acids is 1. The van der Waals surface area contributed by atoms with E-state index in [2.05, 4.69) is 14.2 Å². The summed E-state index contributed by atoms with van der Waals surface area (Å²) in [5, 5.41) is 0.445. The Morgan fingerprint density at radius 3 is 2.16 bits per heavy atom. The van der Waals surface area contributed by atoms with Crippen molar-refractivity contribution in [3.8, 4) is 0 Å². The highest BCUT2D eigenvalue weighted by Crippen LogP contribution is 2.29. The number of carbonyl (C=O) groups is 1. The van der Waals surface area contributed by atoms with Crippen LogP contribution in [0, 0.1) is 13.8 Å². The standard InChI is InChI=1S/C20H19ClN2O7S2/c1-12-18(20(24)29-3)19(13(2)30-12)32(27,28)23-16-5-4-6-17(11-16)31(25,26)22-15-9-7-14(21)8-10-15/h4-11,22-23H,1-3H3. The first-order valence-corrected chi connectivity index (χ1v) is 12.4. The Balaban J connectivity index is 1.94. The minimum absolute atomic E-state index is 0.0106. The quantitative estimate of drug-likeness (QED) is 0.471. The maximum Gasteiger partial charge on any atom is 0.342 e. The molecule has 0 aliphatic rings. The van der Waals surface area contributed by atoms with Crippen LogP contribution in [0.25, 0.3) is 0 Å². The normalized spacial score (nSPS) is 11.8. The fourth-order valence-corrected chi connectivity index (χ4v) is 5.68. The molecule has 0 radical (unpaired) electrons. The predicted molar refractivity (Wildman–Crippen MR) is 119 cm³/mol. The van der Waals surface area contributed by atoms with Gasteiger partial charge in [-0.25, -0.2) is 21.6 Å². The molecule has 170 valence electrons. The number of hydrogen-bond donors (Lipinski definition) is 2. The topological polar surface area (TPSA) is 132 Å². The molecule has 0 bridgehead atoms. The third-order valence-electron chi connectivity index (χ3n) is 4.36. The maximum absolute atomic E-state index is 13.0. The number of halogens is 1. The second kappa shape index (κ2) is 8.85. The molecule has 0 amide bonds. The minimum atomic E-state index is -4.31. The number of methoxy groups -OCH3 is 1. The summed E-state index contributed by atoms with van der Waals surface area (Å²) >= 11 is 5.81. The van der Waals surface area contributed by atoms with E-state index < -0.39 is 26.0 Å². The van der Waals surface area contributed by atoms with Crippen molar-refractivity contribution in [2.45, 2.75) is 23.6 Å². The van der Waals surface area contributed by atoms with Gasteiger partial charge in [-0.15, -0.1) is 0 Å². The van der Waals surface area contributed by atoms with Crippen molar-refractivity contribution in [3.63, 3.8) is 0 Å². The first-order chi connectivity index (χ1) is 14.9. The molecule has 1 heterocycles. The molecule has 0 saturated heterocycles. The number of rotatable bonds is 7. The zero-order valence-corrected chi connectivity index (χ0v) is 19.6. The Kier molecular flexibility index (Phi) is 6.54. The summed E-state index contributed by atoms with van der Waals surface area (Å²) < 4.78 is 66.1. The number of nitrogens with one attached hydrogen (secondary N) is 2. The van der Waals surface area contributed by atoms with Crippen molar-refractivity contribution in [1.29, 1.82) is 0 Å². The van der Waals surface area contributed by atoms with E-state index >= 15 is 0 Å². The Morgan fingerprint density at radius 2 is 1.53 bits per heavy atom. The summed E-state index contributed by atoms with van der Waals surface area (Å²) in [6.07, 6.45) is 0. The Hall–Kier alpha value is -3.02. The van der Waals surface area contributed by atoms with Gasteiger partial charge in [0.1, 0.15) is 22.0 Å². The molecular formula is C20H19ClN2O7S2. The molecule has 0 aliphatic heterocycles. The smallest absolute Gasteiger partial charge is 0.342 e. The second-order valence-electron chi connectivity index (χ2n) is 6.66. The third kappa shape index (κ3) is 4.90. The fourth-order valence-electron chi connectivity index (χ4n) is 2.99. The van der Waals surface area contributed by atoms with E-state index in [9.17, 15) is 21.6 Å². The lowest BCUT2D eigenvalue weighted by Gasteiger charge is -2.12. The van der Waals surface area contributed by atoms with Gasteiger partial charge in [0.05, 0.1) is 17.7 Å². The molecule has 0 saturated carbocycles. The fraction of sp³-hybridized carbons (Fsp3) is 0.150. The van der Waals surface area contributed by atoms with Crippen LogP contribution in [-0.2, 0) is 24.8 Å². The molecule has 9 nitrogen and oxygen atoms in total. The Morgan fingerprint density at radius 1 is 0.906 bits per heavy atom. The molecule has 0 aliphatic carbocycles. The van der Waals surface area contributed by atoms with Crippen LogP contribution < -0.4 is 9.44 Å². The van der Waals surface area contributed by atoms with E-state index in [1.54, 1.807) is 0 Å². The van der Waals surface area contributed by atoms with Gasteiger partial charge in [0, 0.05) is 10.7 Å². The average molecular weight is 499 g/mol. The van der Waals surface area contributed by atoms with Gasteiger partial charge < -0.3 is 9.15 Å².